The monoisotopic (exact) mass is 296 g/mol. The Morgan fingerprint density at radius 2 is 1.86 bits per heavy atom. The molecular formula is C16H28N2O3. The van der Waals surface area contributed by atoms with Crippen LogP contribution in [0, 0.1) is 11.3 Å². The highest BCUT2D eigenvalue weighted by molar-refractivity contribution is 5.78. The van der Waals surface area contributed by atoms with Crippen LogP contribution in [0.5, 0.6) is 0 Å². The van der Waals surface area contributed by atoms with Crippen molar-refractivity contribution in [3.8, 4) is 0 Å². The van der Waals surface area contributed by atoms with Crippen LogP contribution < -0.4 is 0 Å². The lowest BCUT2D eigenvalue weighted by Gasteiger charge is -2.41. The highest BCUT2D eigenvalue weighted by atomic mass is 16.4. The number of carbonyl (C=O) groups excluding carboxylic acids is 1. The standard InChI is InChI=1S/C16H28N2O3/c1-3-5-13-6-10-17(11-7-13)15(21)18-9-4-8-16(2,12-18)14(19)20/h13H,3-12H2,1-2H3,(H,19,20). The van der Waals surface area contributed by atoms with Crippen molar-refractivity contribution in [2.75, 3.05) is 26.2 Å². The zero-order valence-corrected chi connectivity index (χ0v) is 13.3. The van der Waals surface area contributed by atoms with Gasteiger partial charge in [-0.1, -0.05) is 19.8 Å². The quantitative estimate of drug-likeness (QED) is 0.871. The Labute approximate surface area is 127 Å². The van der Waals surface area contributed by atoms with Gasteiger partial charge in [0, 0.05) is 26.2 Å². The van der Waals surface area contributed by atoms with Crippen LogP contribution in [0.3, 0.4) is 0 Å². The molecule has 2 amide bonds. The molecule has 5 nitrogen and oxygen atoms in total. The van der Waals surface area contributed by atoms with E-state index >= 15 is 0 Å². The van der Waals surface area contributed by atoms with Gasteiger partial charge in [-0.2, -0.15) is 0 Å². The van der Waals surface area contributed by atoms with E-state index in [-0.39, 0.29) is 6.03 Å². The largest absolute Gasteiger partial charge is 0.481 e. The first-order chi connectivity index (χ1) is 9.96. The summed E-state index contributed by atoms with van der Waals surface area (Å²) in [4.78, 5) is 27.6. The van der Waals surface area contributed by atoms with E-state index in [4.69, 9.17) is 0 Å². The number of hydrogen-bond donors (Lipinski definition) is 1. The van der Waals surface area contributed by atoms with Crippen molar-refractivity contribution in [2.45, 2.75) is 52.4 Å². The van der Waals surface area contributed by atoms with Gasteiger partial charge in [0.25, 0.3) is 0 Å². The number of piperidine rings is 2. The number of urea groups is 1. The summed E-state index contributed by atoms with van der Waals surface area (Å²) in [7, 11) is 0. The minimum atomic E-state index is -0.790. The lowest BCUT2D eigenvalue weighted by Crippen LogP contribution is -2.53. The Bertz CT molecular complexity index is 391. The van der Waals surface area contributed by atoms with Crippen molar-refractivity contribution >= 4 is 12.0 Å². The number of rotatable bonds is 3. The number of carbonyl (C=O) groups is 2. The summed E-state index contributed by atoms with van der Waals surface area (Å²) >= 11 is 0. The molecule has 0 aliphatic carbocycles. The summed E-state index contributed by atoms with van der Waals surface area (Å²) in [5.74, 6) is -0.0358. The van der Waals surface area contributed by atoms with Crippen molar-refractivity contribution in [1.29, 1.82) is 0 Å². The van der Waals surface area contributed by atoms with Crippen molar-refractivity contribution in [1.82, 2.24) is 9.80 Å². The Morgan fingerprint density at radius 3 is 2.43 bits per heavy atom. The van der Waals surface area contributed by atoms with Crippen LogP contribution in [0.1, 0.15) is 52.4 Å². The normalized spacial score (nSPS) is 27.7. The van der Waals surface area contributed by atoms with Crippen LogP contribution in [0.25, 0.3) is 0 Å². The molecule has 2 fully saturated rings. The lowest BCUT2D eigenvalue weighted by molar-refractivity contribution is -0.150. The number of amides is 2. The van der Waals surface area contributed by atoms with E-state index in [2.05, 4.69) is 6.92 Å². The minimum absolute atomic E-state index is 0.0390. The number of carboxylic acids is 1. The van der Waals surface area contributed by atoms with Gasteiger partial charge in [0.15, 0.2) is 0 Å². The molecule has 2 saturated heterocycles. The van der Waals surface area contributed by atoms with Gasteiger partial charge in [-0.15, -0.1) is 0 Å². The Kier molecular flexibility index (Phi) is 5.12. The molecule has 0 aromatic rings. The summed E-state index contributed by atoms with van der Waals surface area (Å²) in [6.45, 7) is 6.64. The molecule has 21 heavy (non-hydrogen) atoms. The molecule has 2 heterocycles. The summed E-state index contributed by atoms with van der Waals surface area (Å²) in [5.41, 5.74) is -0.783. The van der Waals surface area contributed by atoms with Gasteiger partial charge in [0.05, 0.1) is 5.41 Å². The molecule has 1 atom stereocenters. The minimum Gasteiger partial charge on any atom is -0.481 e. The predicted octanol–water partition coefficient (Wildman–Crippen LogP) is 2.81. The summed E-state index contributed by atoms with van der Waals surface area (Å²) in [5, 5.41) is 9.35. The molecule has 1 N–H and O–H groups in total. The fourth-order valence-electron chi connectivity index (χ4n) is 3.60. The van der Waals surface area contributed by atoms with Crippen LogP contribution in [0.15, 0.2) is 0 Å². The van der Waals surface area contributed by atoms with E-state index in [9.17, 15) is 14.7 Å². The molecule has 2 aliphatic heterocycles. The van der Waals surface area contributed by atoms with Crippen LogP contribution >= 0.6 is 0 Å². The van der Waals surface area contributed by atoms with Crippen molar-refractivity contribution in [3.63, 3.8) is 0 Å². The third-order valence-electron chi connectivity index (χ3n) is 5.07. The van der Waals surface area contributed by atoms with E-state index in [0.717, 1.165) is 38.3 Å². The van der Waals surface area contributed by atoms with Crippen molar-refractivity contribution < 1.29 is 14.7 Å². The summed E-state index contributed by atoms with van der Waals surface area (Å²) < 4.78 is 0. The fourth-order valence-corrected chi connectivity index (χ4v) is 3.60. The maximum Gasteiger partial charge on any atom is 0.320 e. The first kappa shape index (κ1) is 16.1. The number of nitrogens with zero attached hydrogens (tertiary/aromatic N) is 2. The van der Waals surface area contributed by atoms with E-state index in [0.29, 0.717) is 19.5 Å². The molecule has 0 bridgehead atoms. The maximum atomic E-state index is 12.6. The predicted molar refractivity (Wildman–Crippen MR) is 81.2 cm³/mol. The molecule has 0 saturated carbocycles. The fraction of sp³-hybridized carbons (Fsp3) is 0.875. The number of carboxylic acid groups (broad SMARTS) is 1. The molecule has 0 aromatic carbocycles. The summed E-state index contributed by atoms with van der Waals surface area (Å²) in [6.07, 6.45) is 6.07. The topological polar surface area (TPSA) is 60.9 Å². The van der Waals surface area contributed by atoms with Gasteiger partial charge < -0.3 is 14.9 Å². The zero-order valence-electron chi connectivity index (χ0n) is 13.3. The Morgan fingerprint density at radius 1 is 1.19 bits per heavy atom. The maximum absolute atomic E-state index is 12.6. The van der Waals surface area contributed by atoms with Gasteiger partial charge in [0.2, 0.25) is 0 Å². The molecular weight excluding hydrogens is 268 g/mol. The highest BCUT2D eigenvalue weighted by Gasteiger charge is 2.40. The second-order valence-electron chi connectivity index (χ2n) is 6.89. The summed E-state index contributed by atoms with van der Waals surface area (Å²) in [6, 6.07) is 0.0390. The smallest absolute Gasteiger partial charge is 0.320 e. The Balaban J connectivity index is 1.90. The molecule has 0 spiro atoms. The zero-order chi connectivity index (χ0) is 15.5. The molecule has 0 radical (unpaired) electrons. The molecule has 1 unspecified atom stereocenters. The van der Waals surface area contributed by atoms with Gasteiger partial charge in [-0.3, -0.25) is 4.79 Å². The number of aliphatic carboxylic acids is 1. The second kappa shape index (κ2) is 6.67. The SMILES string of the molecule is CCCC1CCN(C(=O)N2CCCC(C)(C(=O)O)C2)CC1. The van der Waals surface area contributed by atoms with Crippen molar-refractivity contribution in [2.24, 2.45) is 11.3 Å². The van der Waals surface area contributed by atoms with E-state index in [1.807, 2.05) is 4.90 Å². The molecule has 2 rings (SSSR count). The third-order valence-corrected chi connectivity index (χ3v) is 5.07. The Hall–Kier alpha value is -1.26. The van der Waals surface area contributed by atoms with Crippen LogP contribution in [0.2, 0.25) is 0 Å². The average molecular weight is 296 g/mol. The van der Waals surface area contributed by atoms with E-state index < -0.39 is 11.4 Å². The van der Waals surface area contributed by atoms with Gasteiger partial charge in [-0.25, -0.2) is 4.79 Å². The first-order valence-corrected chi connectivity index (χ1v) is 8.23. The third kappa shape index (κ3) is 3.69. The molecule has 5 heteroatoms. The molecule has 2 aliphatic rings. The van der Waals surface area contributed by atoms with Crippen LogP contribution in [0.4, 0.5) is 4.79 Å². The van der Waals surface area contributed by atoms with Gasteiger partial charge >= 0.3 is 12.0 Å². The second-order valence-corrected chi connectivity index (χ2v) is 6.89. The molecule has 120 valence electrons. The van der Waals surface area contributed by atoms with Gasteiger partial charge in [-0.05, 0) is 38.5 Å². The lowest BCUT2D eigenvalue weighted by atomic mass is 9.82. The van der Waals surface area contributed by atoms with Crippen LogP contribution in [-0.2, 0) is 4.79 Å². The first-order valence-electron chi connectivity index (χ1n) is 8.23. The van der Waals surface area contributed by atoms with Gasteiger partial charge in [0.1, 0.15) is 0 Å². The van der Waals surface area contributed by atoms with E-state index in [1.54, 1.807) is 11.8 Å². The van der Waals surface area contributed by atoms with Crippen LogP contribution in [-0.4, -0.2) is 53.1 Å². The van der Waals surface area contributed by atoms with Crippen molar-refractivity contribution in [3.05, 3.63) is 0 Å². The average Bonchev–Trinajstić information content (AvgIpc) is 2.47. The van der Waals surface area contributed by atoms with E-state index in [1.165, 1.54) is 12.8 Å². The highest BCUT2D eigenvalue weighted by Crippen LogP contribution is 2.31. The number of hydrogen-bond acceptors (Lipinski definition) is 2. The number of likely N-dealkylation sites (tertiary alicyclic amines) is 2. The molecule has 0 aromatic heterocycles.